The second-order valence-electron chi connectivity index (χ2n) is 10.8. The van der Waals surface area contributed by atoms with E-state index in [1.165, 1.54) is 6.92 Å². The third-order valence-corrected chi connectivity index (χ3v) is 8.01. The molecule has 0 fully saturated rings. The van der Waals surface area contributed by atoms with E-state index in [0.717, 1.165) is 0 Å². The van der Waals surface area contributed by atoms with E-state index in [0.29, 0.717) is 11.1 Å². The molecule has 42 heavy (non-hydrogen) atoms. The standard InChI is InChI=1S/C29H41N3O8S.Na.H/c1-18(2)14-22(30)25(33)29(19(3)15-24(32)27(35)41(37,38)39,28(36)40-17-21-12-8-5-9-13-21)26(34)23(31)16-20-10-6-4-7-11-20;;/h4-13,18-19,22-24,27,35H,14-17,30-32H2,1-3H3,(H,37,38,39);;/q;+1;-1/t19?,22-,23-,24?,27?,29?;;/m1../s1. The number of Topliss-reactive ketones (excluding diaryl/α,β-unsaturated/α-hetero) is 2. The number of carbonyl (C=O) groups is 3. The fraction of sp³-hybridized carbons (Fsp3) is 0.483. The van der Waals surface area contributed by atoms with Crippen LogP contribution < -0.4 is 46.8 Å². The van der Waals surface area contributed by atoms with E-state index >= 15 is 0 Å². The molecule has 8 N–H and O–H groups in total. The van der Waals surface area contributed by atoms with Gasteiger partial charge in [0.05, 0.1) is 12.1 Å². The topological polar surface area (TPSA) is 213 Å². The summed E-state index contributed by atoms with van der Waals surface area (Å²) >= 11 is 0. The van der Waals surface area contributed by atoms with Crippen LogP contribution in [0.5, 0.6) is 0 Å². The van der Waals surface area contributed by atoms with Crippen molar-refractivity contribution in [1.82, 2.24) is 0 Å². The largest absolute Gasteiger partial charge is 1.00 e. The minimum absolute atomic E-state index is 0. The van der Waals surface area contributed by atoms with Gasteiger partial charge < -0.3 is 28.5 Å². The Morgan fingerprint density at radius 1 is 0.857 bits per heavy atom. The Kier molecular flexibility index (Phi) is 15.2. The average molecular weight is 616 g/mol. The maximum Gasteiger partial charge on any atom is 1.00 e. The molecule has 0 bridgehead atoms. The van der Waals surface area contributed by atoms with Crippen LogP contribution in [0.1, 0.15) is 46.2 Å². The van der Waals surface area contributed by atoms with Crippen LogP contribution in [0.3, 0.4) is 0 Å². The maximum atomic E-state index is 14.3. The molecular formula is C29H42N3NaO8S. The van der Waals surface area contributed by atoms with Crippen LogP contribution in [-0.2, 0) is 42.3 Å². The number of carbonyl (C=O) groups excluding carboxylic acids is 3. The van der Waals surface area contributed by atoms with Gasteiger partial charge in [-0.3, -0.25) is 18.9 Å². The zero-order valence-corrected chi connectivity index (χ0v) is 27.4. The number of hydrogen-bond donors (Lipinski definition) is 5. The van der Waals surface area contributed by atoms with Crippen molar-refractivity contribution in [2.24, 2.45) is 34.5 Å². The first-order valence-corrected chi connectivity index (χ1v) is 14.9. The van der Waals surface area contributed by atoms with E-state index in [4.69, 9.17) is 21.9 Å². The van der Waals surface area contributed by atoms with Crippen molar-refractivity contribution in [2.75, 3.05) is 0 Å². The van der Waals surface area contributed by atoms with Crippen LogP contribution in [0, 0.1) is 17.3 Å². The average Bonchev–Trinajstić information content (AvgIpc) is 2.91. The number of aliphatic hydroxyl groups excluding tert-OH is 1. The van der Waals surface area contributed by atoms with Crippen LogP contribution in [0.15, 0.2) is 60.7 Å². The number of benzene rings is 2. The van der Waals surface area contributed by atoms with E-state index in [2.05, 4.69) is 0 Å². The smallest absolute Gasteiger partial charge is 1.00 e. The predicted molar refractivity (Wildman–Crippen MR) is 155 cm³/mol. The van der Waals surface area contributed by atoms with Crippen LogP contribution in [0.4, 0.5) is 0 Å². The number of rotatable bonds is 16. The Labute approximate surface area is 271 Å². The van der Waals surface area contributed by atoms with Gasteiger partial charge in [-0.2, -0.15) is 8.42 Å². The number of ketones is 2. The Morgan fingerprint density at radius 3 is 1.81 bits per heavy atom. The molecule has 0 spiro atoms. The number of ether oxygens (including phenoxy) is 1. The van der Waals surface area contributed by atoms with Gasteiger partial charge in [0.2, 0.25) is 0 Å². The molecule has 2 rings (SSSR count). The minimum atomic E-state index is -4.99. The summed E-state index contributed by atoms with van der Waals surface area (Å²) in [7, 11) is -4.99. The van der Waals surface area contributed by atoms with Gasteiger partial charge >= 0.3 is 35.5 Å². The van der Waals surface area contributed by atoms with Crippen LogP contribution >= 0.6 is 0 Å². The SMILES string of the molecule is CC(C)C[C@@H](N)C(=O)C(C(=O)OCc1ccccc1)(C(=O)[C@H](N)Cc1ccccc1)C(C)CC(N)C(O)S(=O)(=O)O.[H-].[Na+]. The normalized spacial score (nSPS) is 16.7. The first-order chi connectivity index (χ1) is 19.1. The molecule has 0 amide bonds. The van der Waals surface area contributed by atoms with Gasteiger partial charge in [0.1, 0.15) is 6.61 Å². The molecule has 0 aliphatic heterocycles. The van der Waals surface area contributed by atoms with Crippen molar-refractivity contribution in [3.63, 3.8) is 0 Å². The maximum absolute atomic E-state index is 14.3. The molecule has 4 unspecified atom stereocenters. The van der Waals surface area contributed by atoms with Gasteiger partial charge in [-0.25, -0.2) is 0 Å². The second-order valence-corrected chi connectivity index (χ2v) is 12.3. The molecule has 0 aliphatic rings. The van der Waals surface area contributed by atoms with Crippen LogP contribution in [0.25, 0.3) is 0 Å². The van der Waals surface area contributed by atoms with Gasteiger partial charge in [0, 0.05) is 6.04 Å². The van der Waals surface area contributed by atoms with E-state index < -0.39 is 69.0 Å². The van der Waals surface area contributed by atoms with Crippen LogP contribution in [-0.4, -0.2) is 59.2 Å². The fourth-order valence-corrected chi connectivity index (χ4v) is 5.48. The number of esters is 1. The molecule has 6 atom stereocenters. The van der Waals surface area contributed by atoms with Crippen molar-refractivity contribution >= 4 is 27.7 Å². The van der Waals surface area contributed by atoms with E-state index in [-0.39, 0.29) is 56.4 Å². The molecule has 0 aliphatic carbocycles. The summed E-state index contributed by atoms with van der Waals surface area (Å²) in [5, 5.41) is 10.1. The number of nitrogens with two attached hydrogens (primary N) is 3. The molecule has 0 heterocycles. The summed E-state index contributed by atoms with van der Waals surface area (Å²) in [4.78, 5) is 42.5. The number of hydrogen-bond acceptors (Lipinski definition) is 10. The van der Waals surface area contributed by atoms with E-state index in [1.54, 1.807) is 60.7 Å². The zero-order chi connectivity index (χ0) is 31.0. The van der Waals surface area contributed by atoms with Gasteiger partial charge in [-0.1, -0.05) is 81.4 Å². The molecule has 11 nitrogen and oxygen atoms in total. The van der Waals surface area contributed by atoms with Crippen molar-refractivity contribution in [2.45, 2.75) is 70.2 Å². The molecule has 0 aromatic heterocycles. The Hall–Kier alpha value is -2.00. The van der Waals surface area contributed by atoms with Crippen molar-refractivity contribution in [3.05, 3.63) is 71.8 Å². The zero-order valence-electron chi connectivity index (χ0n) is 25.6. The van der Waals surface area contributed by atoms with Gasteiger partial charge in [0.15, 0.2) is 22.4 Å². The monoisotopic (exact) mass is 615 g/mol. The summed E-state index contributed by atoms with van der Waals surface area (Å²) in [5.74, 6) is -4.54. The van der Waals surface area contributed by atoms with Crippen molar-refractivity contribution < 1.29 is 68.2 Å². The number of aliphatic hydroxyl groups is 1. The molecule has 0 saturated heterocycles. The van der Waals surface area contributed by atoms with Crippen molar-refractivity contribution in [1.29, 1.82) is 0 Å². The van der Waals surface area contributed by atoms with Crippen LogP contribution in [0.2, 0.25) is 0 Å². The Balaban J connectivity index is 0.00000882. The van der Waals surface area contributed by atoms with E-state index in [9.17, 15) is 32.5 Å². The Morgan fingerprint density at radius 2 is 1.33 bits per heavy atom. The second kappa shape index (κ2) is 16.7. The first kappa shape index (κ1) is 38.0. The Bertz CT molecular complexity index is 1290. The summed E-state index contributed by atoms with van der Waals surface area (Å²) in [6.45, 7) is 4.69. The first-order valence-electron chi connectivity index (χ1n) is 13.4. The molecule has 0 saturated carbocycles. The quantitative estimate of drug-likeness (QED) is 0.0633. The third kappa shape index (κ3) is 9.76. The van der Waals surface area contributed by atoms with Gasteiger partial charge in [0.25, 0.3) is 10.1 Å². The predicted octanol–water partition coefficient (Wildman–Crippen LogP) is -1.53. The molecule has 13 heteroatoms. The summed E-state index contributed by atoms with van der Waals surface area (Å²) in [6, 6.07) is 13.0. The minimum Gasteiger partial charge on any atom is -1.00 e. The fourth-order valence-electron chi connectivity index (χ4n) is 4.93. The van der Waals surface area contributed by atoms with Crippen molar-refractivity contribution in [3.8, 4) is 0 Å². The summed E-state index contributed by atoms with van der Waals surface area (Å²) in [5.41, 5.74) is 14.7. The third-order valence-electron chi connectivity index (χ3n) is 7.05. The molecule has 2 aromatic carbocycles. The molecule has 228 valence electrons. The molecule has 2 aromatic rings. The van der Waals surface area contributed by atoms with Gasteiger partial charge in [-0.05, 0) is 42.2 Å². The molecule has 0 radical (unpaired) electrons. The summed E-state index contributed by atoms with van der Waals surface area (Å²) in [6.07, 6.45) is -0.446. The van der Waals surface area contributed by atoms with E-state index in [1.807, 2.05) is 13.8 Å². The van der Waals surface area contributed by atoms with Gasteiger partial charge in [-0.15, -0.1) is 0 Å². The summed E-state index contributed by atoms with van der Waals surface area (Å²) < 4.78 is 38.0. The molecular weight excluding hydrogens is 573 g/mol.